The largest absolute Gasteiger partial charge is 0.507 e. The van der Waals surface area contributed by atoms with E-state index in [9.17, 15) is 5.11 Å². The Kier molecular flexibility index (Phi) is 1.87. The molecule has 1 aromatic carbocycles. The monoisotopic (exact) mass is 175 g/mol. The second kappa shape index (κ2) is 3.03. The van der Waals surface area contributed by atoms with Crippen LogP contribution in [0.2, 0.25) is 0 Å². The molecule has 1 heterocycles. The smallest absolute Gasteiger partial charge is 0.129 e. The van der Waals surface area contributed by atoms with Gasteiger partial charge in [-0.25, -0.2) is 0 Å². The van der Waals surface area contributed by atoms with Gasteiger partial charge in [0.15, 0.2) is 0 Å². The van der Waals surface area contributed by atoms with Crippen LogP contribution in [0.25, 0.3) is 5.57 Å². The predicted octanol–water partition coefficient (Wildman–Crippen LogP) is 0.604. The lowest BCUT2D eigenvalue weighted by molar-refractivity contribution is -0.589. The average molecular weight is 175 g/mol. The lowest BCUT2D eigenvalue weighted by Crippen LogP contribution is -2.69. The van der Waals surface area contributed by atoms with Gasteiger partial charge in [0, 0.05) is 5.56 Å². The molecule has 1 aromatic rings. The molecule has 0 saturated heterocycles. The van der Waals surface area contributed by atoms with E-state index in [1.807, 2.05) is 25.3 Å². The van der Waals surface area contributed by atoms with Crippen molar-refractivity contribution in [2.45, 2.75) is 6.92 Å². The number of rotatable bonds is 1. The van der Waals surface area contributed by atoms with E-state index in [-0.39, 0.29) is 0 Å². The molecule has 13 heavy (non-hydrogen) atoms. The maximum absolute atomic E-state index is 9.64. The quantitative estimate of drug-likeness (QED) is 0.603. The zero-order valence-corrected chi connectivity index (χ0v) is 7.36. The zero-order chi connectivity index (χ0) is 9.26. The highest BCUT2D eigenvalue weighted by Crippen LogP contribution is 2.26. The first-order chi connectivity index (χ1) is 6.29. The Labute approximate surface area is 76.4 Å². The van der Waals surface area contributed by atoms with Gasteiger partial charge in [0.05, 0.1) is 11.8 Å². The minimum absolute atomic E-state index is 0.313. The van der Waals surface area contributed by atoms with Crippen molar-refractivity contribution in [1.29, 1.82) is 0 Å². The van der Waals surface area contributed by atoms with Crippen molar-refractivity contribution < 1.29 is 10.5 Å². The fourth-order valence-corrected chi connectivity index (χ4v) is 1.47. The Balaban J connectivity index is 2.56. The van der Waals surface area contributed by atoms with Gasteiger partial charge in [-0.3, -0.25) is 0 Å². The summed E-state index contributed by atoms with van der Waals surface area (Å²) in [6.45, 7) is 1.97. The maximum atomic E-state index is 9.64. The minimum Gasteiger partial charge on any atom is -0.507 e. The number of allylic oxidation sites excluding steroid dienone is 1. The number of aryl methyl sites for hydroxylation is 1. The number of nitrogens with two attached hydrogens (primary N) is 1. The van der Waals surface area contributed by atoms with Crippen LogP contribution < -0.4 is 5.43 Å². The number of benzene rings is 1. The van der Waals surface area contributed by atoms with Crippen LogP contribution in [0.3, 0.4) is 0 Å². The Morgan fingerprint density at radius 2 is 2.23 bits per heavy atom. The Bertz CT molecular complexity index is 374. The highest BCUT2D eigenvalue weighted by Gasteiger charge is 2.12. The average Bonchev–Trinajstić information content (AvgIpc) is 2.57. The molecule has 3 nitrogen and oxygen atoms in total. The minimum atomic E-state index is 0.313. The molecular weight excluding hydrogens is 164 g/mol. The molecule has 0 radical (unpaired) electrons. The van der Waals surface area contributed by atoms with Gasteiger partial charge in [-0.2, -0.15) is 5.43 Å². The van der Waals surface area contributed by atoms with Gasteiger partial charge in [0.25, 0.3) is 0 Å². The second-order valence-corrected chi connectivity index (χ2v) is 3.02. The summed E-state index contributed by atoms with van der Waals surface area (Å²) in [5.41, 5.74) is 4.63. The van der Waals surface area contributed by atoms with E-state index in [0.29, 0.717) is 5.75 Å². The highest BCUT2D eigenvalue weighted by atomic mass is 16.3. The van der Waals surface area contributed by atoms with Crippen molar-refractivity contribution in [2.24, 2.45) is 5.10 Å². The van der Waals surface area contributed by atoms with E-state index in [1.165, 1.54) is 0 Å². The molecule has 0 amide bonds. The molecule has 3 N–H and O–H groups in total. The van der Waals surface area contributed by atoms with Crippen LogP contribution in [0.1, 0.15) is 11.1 Å². The number of hydrogen-bond acceptors (Lipinski definition) is 2. The van der Waals surface area contributed by atoms with Crippen molar-refractivity contribution >= 4 is 11.8 Å². The first-order valence-corrected chi connectivity index (χ1v) is 4.14. The number of quaternary nitrogens is 1. The van der Waals surface area contributed by atoms with Crippen LogP contribution in [0, 0.1) is 6.92 Å². The first-order valence-electron chi connectivity index (χ1n) is 4.14. The fraction of sp³-hybridized carbons (Fsp3) is 0.100. The third kappa shape index (κ3) is 1.34. The highest BCUT2D eigenvalue weighted by molar-refractivity contribution is 6.11. The summed E-state index contributed by atoms with van der Waals surface area (Å²) in [6, 6.07) is 5.50. The van der Waals surface area contributed by atoms with Gasteiger partial charge in [-0.1, -0.05) is 17.2 Å². The molecule has 0 fully saturated rings. The topological polar surface area (TPSA) is 49.2 Å². The Hall–Kier alpha value is -1.61. The first kappa shape index (κ1) is 8.01. The summed E-state index contributed by atoms with van der Waals surface area (Å²) in [6.07, 6.45) is 3.64. The molecule has 1 aliphatic heterocycles. The summed E-state index contributed by atoms with van der Waals surface area (Å²) in [4.78, 5) is 0. The maximum Gasteiger partial charge on any atom is 0.129 e. The molecule has 1 aliphatic rings. The standard InChI is InChI=1S/C10H10N2O/c1-7-3-2-4-9(13)10(7)8-5-11-12-6-8/h2-6,13H,1H3,(H,11,12)/p+1. The third-order valence-corrected chi connectivity index (χ3v) is 2.09. The lowest BCUT2D eigenvalue weighted by Gasteiger charge is -2.04. The van der Waals surface area contributed by atoms with Crippen molar-refractivity contribution in [2.75, 3.05) is 0 Å². The number of phenolic OH excluding ortho intramolecular Hbond substituents is 1. The van der Waals surface area contributed by atoms with E-state index in [2.05, 4.69) is 5.10 Å². The second-order valence-electron chi connectivity index (χ2n) is 3.02. The third-order valence-electron chi connectivity index (χ3n) is 2.09. The summed E-state index contributed by atoms with van der Waals surface area (Å²) in [5, 5.41) is 13.6. The number of aromatic hydroxyl groups is 1. The molecule has 0 saturated carbocycles. The van der Waals surface area contributed by atoms with Crippen molar-refractivity contribution in [1.82, 2.24) is 0 Å². The summed E-state index contributed by atoms with van der Waals surface area (Å²) >= 11 is 0. The van der Waals surface area contributed by atoms with Crippen LogP contribution in [-0.2, 0) is 0 Å². The molecular formula is C10H11N2O+. The molecule has 3 heteroatoms. The van der Waals surface area contributed by atoms with Crippen LogP contribution in [0.4, 0.5) is 0 Å². The van der Waals surface area contributed by atoms with Crippen molar-refractivity contribution in [3.05, 3.63) is 35.5 Å². The van der Waals surface area contributed by atoms with E-state index < -0.39 is 0 Å². The van der Waals surface area contributed by atoms with Gasteiger partial charge in [0.1, 0.15) is 11.9 Å². The van der Waals surface area contributed by atoms with Gasteiger partial charge in [0.2, 0.25) is 0 Å². The van der Waals surface area contributed by atoms with Gasteiger partial charge < -0.3 is 5.11 Å². The van der Waals surface area contributed by atoms with Crippen LogP contribution in [0.15, 0.2) is 29.5 Å². The van der Waals surface area contributed by atoms with Gasteiger partial charge in [-0.05, 0) is 18.6 Å². The molecule has 0 atom stereocenters. The summed E-state index contributed by atoms with van der Waals surface area (Å²) < 4.78 is 0. The van der Waals surface area contributed by atoms with Crippen LogP contribution >= 0.6 is 0 Å². The van der Waals surface area contributed by atoms with E-state index in [1.54, 1.807) is 17.7 Å². The molecule has 0 spiro atoms. The van der Waals surface area contributed by atoms with Crippen LogP contribution in [0.5, 0.6) is 5.75 Å². The number of phenols is 1. The molecule has 2 rings (SSSR count). The summed E-state index contributed by atoms with van der Waals surface area (Å²) in [5.74, 6) is 0.313. The molecule has 66 valence electrons. The van der Waals surface area contributed by atoms with Crippen LogP contribution in [-0.4, -0.2) is 11.3 Å². The molecule has 0 aliphatic carbocycles. The fourth-order valence-electron chi connectivity index (χ4n) is 1.47. The van der Waals surface area contributed by atoms with E-state index in [0.717, 1.165) is 16.7 Å². The molecule has 0 bridgehead atoms. The predicted molar refractivity (Wildman–Crippen MR) is 51.2 cm³/mol. The Morgan fingerprint density at radius 3 is 2.85 bits per heavy atom. The van der Waals surface area contributed by atoms with E-state index >= 15 is 0 Å². The number of nitrogens with zero attached hydrogens (tertiary/aromatic N) is 1. The normalized spacial score (nSPS) is 14.7. The SMILES string of the molecule is Cc1cccc(O)c1C1=C[NH2+]N=C1. The van der Waals surface area contributed by atoms with Crippen molar-refractivity contribution in [3.8, 4) is 5.75 Å². The summed E-state index contributed by atoms with van der Waals surface area (Å²) in [7, 11) is 0. The van der Waals surface area contributed by atoms with Crippen molar-refractivity contribution in [3.63, 3.8) is 0 Å². The molecule has 0 unspecified atom stereocenters. The lowest BCUT2D eigenvalue weighted by atomic mass is 10.0. The van der Waals surface area contributed by atoms with Gasteiger partial charge in [-0.15, -0.1) is 0 Å². The van der Waals surface area contributed by atoms with E-state index in [4.69, 9.17) is 0 Å². The molecule has 0 aromatic heterocycles. The number of hydrogen-bond donors (Lipinski definition) is 2. The zero-order valence-electron chi connectivity index (χ0n) is 7.36. The van der Waals surface area contributed by atoms with Gasteiger partial charge >= 0.3 is 0 Å². The Morgan fingerprint density at radius 1 is 1.38 bits per heavy atom.